The van der Waals surface area contributed by atoms with Gasteiger partial charge in [0.2, 0.25) is 0 Å². The van der Waals surface area contributed by atoms with Gasteiger partial charge in [-0.05, 0) is 36.8 Å². The fourth-order valence-electron chi connectivity index (χ4n) is 3.81. The van der Waals surface area contributed by atoms with Crippen LogP contribution in [-0.2, 0) is 26.9 Å². The van der Waals surface area contributed by atoms with E-state index in [9.17, 15) is 22.8 Å². The molecule has 2 heterocycles. The van der Waals surface area contributed by atoms with Crippen LogP contribution in [0.15, 0.2) is 42.5 Å². The number of fused-ring (bicyclic) bond motifs is 1. The number of ether oxygens (including phenoxy) is 2. The Balaban J connectivity index is 1.65. The van der Waals surface area contributed by atoms with Gasteiger partial charge in [0.05, 0.1) is 35.7 Å². The van der Waals surface area contributed by atoms with Crippen molar-refractivity contribution in [1.82, 2.24) is 0 Å². The van der Waals surface area contributed by atoms with E-state index in [1.807, 2.05) is 4.90 Å². The molecule has 2 aliphatic rings. The van der Waals surface area contributed by atoms with Crippen molar-refractivity contribution in [3.05, 3.63) is 59.2 Å². The molecule has 1 amide bonds. The number of nitrogens with one attached hydrogen (secondary N) is 1. The van der Waals surface area contributed by atoms with E-state index in [1.54, 1.807) is 24.3 Å². The number of nitrogens with zero attached hydrogens (tertiary/aromatic N) is 1. The summed E-state index contributed by atoms with van der Waals surface area (Å²) in [5.74, 6) is -1.33. The Hall–Kier alpha value is -3.07. The van der Waals surface area contributed by atoms with Gasteiger partial charge in [-0.15, -0.1) is 0 Å². The monoisotopic (exact) mass is 434 g/mol. The number of halogens is 3. The molecule has 0 spiro atoms. The molecule has 1 atom stereocenters. The van der Waals surface area contributed by atoms with Gasteiger partial charge >= 0.3 is 12.1 Å². The zero-order valence-corrected chi connectivity index (χ0v) is 16.8. The molecule has 1 fully saturated rings. The first-order chi connectivity index (χ1) is 14.7. The number of amides is 1. The Morgan fingerprint density at radius 1 is 1.13 bits per heavy atom. The summed E-state index contributed by atoms with van der Waals surface area (Å²) in [4.78, 5) is 27.4. The largest absolute Gasteiger partial charge is 0.445 e. The Morgan fingerprint density at radius 2 is 1.84 bits per heavy atom. The maximum atomic E-state index is 13.3. The van der Waals surface area contributed by atoms with Crippen LogP contribution in [0.5, 0.6) is 0 Å². The van der Waals surface area contributed by atoms with Crippen molar-refractivity contribution >= 4 is 23.3 Å². The Labute approximate surface area is 176 Å². The van der Waals surface area contributed by atoms with Gasteiger partial charge in [-0.25, -0.2) is 4.79 Å². The molecular formula is C22H21F3N2O4. The molecular weight excluding hydrogens is 413 g/mol. The summed E-state index contributed by atoms with van der Waals surface area (Å²) in [7, 11) is 0. The predicted octanol–water partition coefficient (Wildman–Crippen LogP) is 3.65. The average Bonchev–Trinajstić information content (AvgIpc) is 2.73. The van der Waals surface area contributed by atoms with Crippen molar-refractivity contribution in [1.29, 1.82) is 0 Å². The number of rotatable bonds is 3. The summed E-state index contributed by atoms with van der Waals surface area (Å²) in [6, 6.07) is 10.0. The molecule has 1 saturated heterocycles. The van der Waals surface area contributed by atoms with E-state index in [-0.39, 0.29) is 12.1 Å². The van der Waals surface area contributed by atoms with Crippen molar-refractivity contribution < 1.29 is 32.2 Å². The van der Waals surface area contributed by atoms with E-state index in [4.69, 9.17) is 9.47 Å². The number of anilines is 2. The number of carbonyl (C=O) groups is 2. The zero-order valence-electron chi connectivity index (χ0n) is 16.8. The Bertz CT molecular complexity index is 1020. The van der Waals surface area contributed by atoms with Crippen molar-refractivity contribution in [3.8, 4) is 0 Å². The number of esters is 1. The van der Waals surface area contributed by atoms with Gasteiger partial charge in [0.1, 0.15) is 0 Å². The summed E-state index contributed by atoms with van der Waals surface area (Å²) in [6.45, 7) is 3.28. The second-order valence-electron chi connectivity index (χ2n) is 7.74. The van der Waals surface area contributed by atoms with Gasteiger partial charge < -0.3 is 19.7 Å². The van der Waals surface area contributed by atoms with E-state index in [0.29, 0.717) is 43.1 Å². The third-order valence-electron chi connectivity index (χ3n) is 5.49. The minimum atomic E-state index is -4.57. The molecule has 1 N–H and O–H groups in total. The van der Waals surface area contributed by atoms with Crippen LogP contribution >= 0.6 is 0 Å². The number of hydrogen-bond donors (Lipinski definition) is 1. The Kier molecular flexibility index (Phi) is 5.38. The highest BCUT2D eigenvalue weighted by molar-refractivity contribution is 6.04. The van der Waals surface area contributed by atoms with Crippen molar-refractivity contribution in [2.75, 3.05) is 36.5 Å². The first kappa shape index (κ1) is 21.2. The van der Waals surface area contributed by atoms with Gasteiger partial charge in [-0.3, -0.25) is 4.79 Å². The SMILES string of the molecule is CC1(C(=O)Nc2cc(C(F)(F)F)ccc2N2CCOCC2)Cc2ccccc2C(=O)O1. The lowest BCUT2D eigenvalue weighted by Gasteiger charge is -2.34. The van der Waals surface area contributed by atoms with Gasteiger partial charge in [-0.2, -0.15) is 13.2 Å². The summed E-state index contributed by atoms with van der Waals surface area (Å²) in [6.07, 6.45) is -4.45. The van der Waals surface area contributed by atoms with Crippen LogP contribution in [0.3, 0.4) is 0 Å². The van der Waals surface area contributed by atoms with Gasteiger partial charge in [0, 0.05) is 19.5 Å². The first-order valence-electron chi connectivity index (χ1n) is 9.84. The van der Waals surface area contributed by atoms with Gasteiger partial charge in [-0.1, -0.05) is 18.2 Å². The number of alkyl halides is 3. The van der Waals surface area contributed by atoms with Crippen LogP contribution in [0.25, 0.3) is 0 Å². The van der Waals surface area contributed by atoms with E-state index in [2.05, 4.69) is 5.32 Å². The van der Waals surface area contributed by atoms with E-state index >= 15 is 0 Å². The minimum absolute atomic E-state index is 0.0119. The smallest absolute Gasteiger partial charge is 0.416 e. The molecule has 4 rings (SSSR count). The maximum absolute atomic E-state index is 13.3. The van der Waals surface area contributed by atoms with Crippen LogP contribution in [0.4, 0.5) is 24.5 Å². The van der Waals surface area contributed by atoms with Crippen LogP contribution in [0.1, 0.15) is 28.4 Å². The second kappa shape index (κ2) is 7.88. The van der Waals surface area contributed by atoms with E-state index < -0.39 is 29.2 Å². The zero-order chi connectivity index (χ0) is 22.2. The van der Waals surface area contributed by atoms with Crippen molar-refractivity contribution in [3.63, 3.8) is 0 Å². The molecule has 31 heavy (non-hydrogen) atoms. The maximum Gasteiger partial charge on any atom is 0.416 e. The first-order valence-corrected chi connectivity index (χ1v) is 9.84. The molecule has 0 aromatic heterocycles. The molecule has 2 aliphatic heterocycles. The molecule has 164 valence electrons. The standard InChI is InChI=1S/C22H21F3N2O4/c1-21(13-14-4-2-3-5-16(14)19(28)31-21)20(29)26-17-12-15(22(23,24)25)6-7-18(17)27-8-10-30-11-9-27/h2-7,12H,8-11,13H2,1H3,(H,26,29). The molecule has 0 aliphatic carbocycles. The van der Waals surface area contributed by atoms with Gasteiger partial charge in [0.25, 0.3) is 5.91 Å². The number of hydrogen-bond acceptors (Lipinski definition) is 5. The third-order valence-corrected chi connectivity index (χ3v) is 5.49. The summed E-state index contributed by atoms with van der Waals surface area (Å²) < 4.78 is 50.7. The molecule has 0 radical (unpaired) electrons. The number of carbonyl (C=O) groups excluding carboxylic acids is 2. The van der Waals surface area contributed by atoms with Crippen LogP contribution < -0.4 is 10.2 Å². The van der Waals surface area contributed by atoms with Crippen molar-refractivity contribution in [2.24, 2.45) is 0 Å². The lowest BCUT2D eigenvalue weighted by atomic mass is 9.89. The molecule has 9 heteroatoms. The highest BCUT2D eigenvalue weighted by atomic mass is 19.4. The number of cyclic esters (lactones) is 1. The van der Waals surface area contributed by atoms with E-state index in [1.165, 1.54) is 13.0 Å². The quantitative estimate of drug-likeness (QED) is 0.747. The van der Waals surface area contributed by atoms with Crippen molar-refractivity contribution in [2.45, 2.75) is 25.1 Å². The van der Waals surface area contributed by atoms with Crippen LogP contribution in [-0.4, -0.2) is 43.8 Å². The van der Waals surface area contributed by atoms with Crippen LogP contribution in [0, 0.1) is 0 Å². The summed E-state index contributed by atoms with van der Waals surface area (Å²) in [5, 5.41) is 2.58. The highest BCUT2D eigenvalue weighted by Gasteiger charge is 2.43. The van der Waals surface area contributed by atoms with Gasteiger partial charge in [0.15, 0.2) is 5.60 Å². The molecule has 6 nitrogen and oxygen atoms in total. The fraction of sp³-hybridized carbons (Fsp3) is 0.364. The fourth-order valence-corrected chi connectivity index (χ4v) is 3.81. The highest BCUT2D eigenvalue weighted by Crippen LogP contribution is 2.37. The minimum Gasteiger partial charge on any atom is -0.445 e. The molecule has 2 aromatic carbocycles. The number of morpholine rings is 1. The lowest BCUT2D eigenvalue weighted by Crippen LogP contribution is -2.49. The van der Waals surface area contributed by atoms with E-state index in [0.717, 1.165) is 12.1 Å². The normalized spacial score (nSPS) is 21.3. The predicted molar refractivity (Wildman–Crippen MR) is 107 cm³/mol. The second-order valence-corrected chi connectivity index (χ2v) is 7.74. The lowest BCUT2D eigenvalue weighted by molar-refractivity contribution is -0.137. The van der Waals surface area contributed by atoms with Crippen LogP contribution in [0.2, 0.25) is 0 Å². The topological polar surface area (TPSA) is 67.9 Å². The third kappa shape index (κ3) is 4.23. The number of benzene rings is 2. The summed E-state index contributed by atoms with van der Waals surface area (Å²) >= 11 is 0. The molecule has 1 unspecified atom stereocenters. The molecule has 2 aromatic rings. The summed E-state index contributed by atoms with van der Waals surface area (Å²) in [5.41, 5.74) is -0.943. The molecule has 0 saturated carbocycles. The average molecular weight is 434 g/mol. The Morgan fingerprint density at radius 3 is 2.55 bits per heavy atom. The molecule has 0 bridgehead atoms.